The van der Waals surface area contributed by atoms with Gasteiger partial charge in [-0.25, -0.2) is 9.97 Å². The Hall–Kier alpha value is -2.14. The van der Waals surface area contributed by atoms with Gasteiger partial charge in [0.15, 0.2) is 0 Å². The maximum atomic E-state index is 5.60. The molecular formula is C16H21N3O2. The van der Waals surface area contributed by atoms with E-state index in [9.17, 15) is 0 Å². The highest BCUT2D eigenvalue weighted by Crippen LogP contribution is 2.14. The largest absolute Gasteiger partial charge is 0.491 e. The van der Waals surface area contributed by atoms with Gasteiger partial charge in [-0.15, -0.1) is 0 Å². The number of aromatic nitrogens is 2. The standard InChI is InChI=1S/C16H21N3O2/c1-3-14-10-16(19-12-18-14)17-11-13-5-4-6-15(9-13)21-8-7-20-2/h4-6,9-10,12H,3,7-8,11H2,1-2H3,(H,17,18,19). The molecule has 0 saturated carbocycles. The molecule has 0 fully saturated rings. The SMILES string of the molecule is CCc1cc(NCc2cccc(OCCOC)c2)ncn1. The van der Waals surface area contributed by atoms with Crippen LogP contribution in [0.2, 0.25) is 0 Å². The lowest BCUT2D eigenvalue weighted by Gasteiger charge is -2.09. The minimum atomic E-state index is 0.555. The monoisotopic (exact) mass is 287 g/mol. The molecule has 2 aromatic rings. The number of aryl methyl sites for hydroxylation is 1. The van der Waals surface area contributed by atoms with Crippen LogP contribution in [0.5, 0.6) is 5.75 Å². The van der Waals surface area contributed by atoms with Gasteiger partial charge >= 0.3 is 0 Å². The van der Waals surface area contributed by atoms with Crippen molar-refractivity contribution in [2.75, 3.05) is 25.6 Å². The number of hydrogen-bond acceptors (Lipinski definition) is 5. The highest BCUT2D eigenvalue weighted by molar-refractivity contribution is 5.37. The molecule has 2 rings (SSSR count). The number of hydrogen-bond donors (Lipinski definition) is 1. The molecule has 1 N–H and O–H groups in total. The van der Waals surface area contributed by atoms with Crippen LogP contribution >= 0.6 is 0 Å². The first kappa shape index (κ1) is 15.3. The van der Waals surface area contributed by atoms with Crippen LogP contribution in [0.4, 0.5) is 5.82 Å². The van der Waals surface area contributed by atoms with E-state index in [4.69, 9.17) is 9.47 Å². The fourth-order valence-corrected chi connectivity index (χ4v) is 1.87. The van der Waals surface area contributed by atoms with Crippen molar-refractivity contribution in [3.8, 4) is 5.75 Å². The molecule has 0 saturated heterocycles. The van der Waals surface area contributed by atoms with E-state index < -0.39 is 0 Å². The molecule has 1 aromatic carbocycles. The van der Waals surface area contributed by atoms with E-state index in [0.717, 1.165) is 29.2 Å². The molecule has 0 amide bonds. The highest BCUT2D eigenvalue weighted by Gasteiger charge is 2.00. The predicted octanol–water partition coefficient (Wildman–Crippen LogP) is 2.68. The minimum absolute atomic E-state index is 0.555. The zero-order valence-corrected chi connectivity index (χ0v) is 12.5. The van der Waals surface area contributed by atoms with Crippen LogP contribution in [-0.4, -0.2) is 30.3 Å². The van der Waals surface area contributed by atoms with E-state index in [-0.39, 0.29) is 0 Å². The second-order valence-electron chi connectivity index (χ2n) is 4.59. The number of anilines is 1. The minimum Gasteiger partial charge on any atom is -0.491 e. The summed E-state index contributed by atoms with van der Waals surface area (Å²) in [5.74, 6) is 1.69. The number of nitrogens with one attached hydrogen (secondary N) is 1. The van der Waals surface area contributed by atoms with E-state index in [1.807, 2.05) is 24.3 Å². The quantitative estimate of drug-likeness (QED) is 0.756. The topological polar surface area (TPSA) is 56.3 Å². The Labute approximate surface area is 125 Å². The van der Waals surface area contributed by atoms with E-state index in [0.29, 0.717) is 19.8 Å². The van der Waals surface area contributed by atoms with Crippen LogP contribution in [0, 0.1) is 0 Å². The van der Waals surface area contributed by atoms with E-state index in [2.05, 4.69) is 28.3 Å². The molecule has 21 heavy (non-hydrogen) atoms. The van der Waals surface area contributed by atoms with Crippen LogP contribution in [0.25, 0.3) is 0 Å². The first-order chi connectivity index (χ1) is 10.3. The zero-order valence-electron chi connectivity index (χ0n) is 12.5. The van der Waals surface area contributed by atoms with Crippen LogP contribution in [0.3, 0.4) is 0 Å². The molecular weight excluding hydrogens is 266 g/mol. The van der Waals surface area contributed by atoms with Gasteiger partial charge in [0.1, 0.15) is 24.5 Å². The van der Waals surface area contributed by atoms with Gasteiger partial charge in [-0.3, -0.25) is 0 Å². The number of nitrogens with zero attached hydrogens (tertiary/aromatic N) is 2. The Morgan fingerprint density at radius 3 is 2.86 bits per heavy atom. The Balaban J connectivity index is 1.91. The number of methoxy groups -OCH3 is 1. The first-order valence-corrected chi connectivity index (χ1v) is 7.07. The smallest absolute Gasteiger partial charge is 0.129 e. The molecule has 112 valence electrons. The van der Waals surface area contributed by atoms with Crippen molar-refractivity contribution in [3.05, 3.63) is 47.9 Å². The van der Waals surface area contributed by atoms with E-state index in [1.165, 1.54) is 0 Å². The van der Waals surface area contributed by atoms with Crippen LogP contribution < -0.4 is 10.1 Å². The number of rotatable bonds is 8. The molecule has 5 nitrogen and oxygen atoms in total. The molecule has 1 aromatic heterocycles. The van der Waals surface area contributed by atoms with Crippen LogP contribution in [0.1, 0.15) is 18.2 Å². The fourth-order valence-electron chi connectivity index (χ4n) is 1.87. The molecule has 0 aliphatic rings. The zero-order chi connectivity index (χ0) is 14.9. The van der Waals surface area contributed by atoms with Gasteiger partial charge in [0, 0.05) is 25.4 Å². The lowest BCUT2D eigenvalue weighted by molar-refractivity contribution is 0.146. The Bertz CT molecular complexity index is 561. The van der Waals surface area contributed by atoms with Crippen LogP contribution in [0.15, 0.2) is 36.7 Å². The third-order valence-corrected chi connectivity index (χ3v) is 3.01. The molecule has 5 heteroatoms. The van der Waals surface area contributed by atoms with Crippen molar-refractivity contribution in [2.45, 2.75) is 19.9 Å². The third kappa shape index (κ3) is 5.04. The Kier molecular flexibility index (Phi) is 5.97. The summed E-state index contributed by atoms with van der Waals surface area (Å²) < 4.78 is 10.6. The van der Waals surface area contributed by atoms with Crippen molar-refractivity contribution in [2.24, 2.45) is 0 Å². The maximum absolute atomic E-state index is 5.60. The summed E-state index contributed by atoms with van der Waals surface area (Å²) in [6.45, 7) is 3.91. The summed E-state index contributed by atoms with van der Waals surface area (Å²) in [5, 5.41) is 3.30. The van der Waals surface area contributed by atoms with Crippen molar-refractivity contribution in [3.63, 3.8) is 0 Å². The van der Waals surface area contributed by atoms with E-state index >= 15 is 0 Å². The van der Waals surface area contributed by atoms with Gasteiger partial charge < -0.3 is 14.8 Å². The summed E-state index contributed by atoms with van der Waals surface area (Å²) in [7, 11) is 1.66. The molecule has 1 heterocycles. The van der Waals surface area contributed by atoms with Crippen molar-refractivity contribution in [1.82, 2.24) is 9.97 Å². The molecule has 0 radical (unpaired) electrons. The maximum Gasteiger partial charge on any atom is 0.129 e. The normalized spacial score (nSPS) is 10.4. The summed E-state index contributed by atoms with van der Waals surface area (Å²) in [4.78, 5) is 8.40. The molecule has 0 aliphatic heterocycles. The summed E-state index contributed by atoms with van der Waals surface area (Å²) in [6.07, 6.45) is 2.49. The van der Waals surface area contributed by atoms with Crippen molar-refractivity contribution >= 4 is 5.82 Å². The third-order valence-electron chi connectivity index (χ3n) is 3.01. The highest BCUT2D eigenvalue weighted by atomic mass is 16.5. The number of ether oxygens (including phenoxy) is 2. The van der Waals surface area contributed by atoms with Crippen molar-refractivity contribution < 1.29 is 9.47 Å². The second-order valence-corrected chi connectivity index (χ2v) is 4.59. The molecule has 0 spiro atoms. The Morgan fingerprint density at radius 1 is 1.14 bits per heavy atom. The molecule has 0 bridgehead atoms. The molecule has 0 aliphatic carbocycles. The van der Waals surface area contributed by atoms with Crippen LogP contribution in [-0.2, 0) is 17.7 Å². The van der Waals surface area contributed by atoms with E-state index in [1.54, 1.807) is 13.4 Å². The summed E-state index contributed by atoms with van der Waals surface area (Å²) >= 11 is 0. The van der Waals surface area contributed by atoms with Gasteiger partial charge in [0.25, 0.3) is 0 Å². The second kappa shape index (κ2) is 8.21. The van der Waals surface area contributed by atoms with Gasteiger partial charge in [0.2, 0.25) is 0 Å². The van der Waals surface area contributed by atoms with Gasteiger partial charge in [-0.1, -0.05) is 19.1 Å². The first-order valence-electron chi connectivity index (χ1n) is 7.07. The molecule has 0 atom stereocenters. The van der Waals surface area contributed by atoms with Gasteiger partial charge in [-0.2, -0.15) is 0 Å². The average molecular weight is 287 g/mol. The lowest BCUT2D eigenvalue weighted by atomic mass is 10.2. The van der Waals surface area contributed by atoms with Gasteiger partial charge in [0.05, 0.1) is 6.61 Å². The summed E-state index contributed by atoms with van der Waals surface area (Å²) in [6, 6.07) is 9.97. The fraction of sp³-hybridized carbons (Fsp3) is 0.375. The predicted molar refractivity (Wildman–Crippen MR) is 82.5 cm³/mol. The summed E-state index contributed by atoms with van der Waals surface area (Å²) in [5.41, 5.74) is 2.17. The van der Waals surface area contributed by atoms with Gasteiger partial charge in [-0.05, 0) is 24.1 Å². The molecule has 0 unspecified atom stereocenters. The average Bonchev–Trinajstić information content (AvgIpc) is 2.54. The lowest BCUT2D eigenvalue weighted by Crippen LogP contribution is -2.05. The number of benzene rings is 1. The van der Waals surface area contributed by atoms with Crippen molar-refractivity contribution in [1.29, 1.82) is 0 Å². The Morgan fingerprint density at radius 2 is 2.05 bits per heavy atom.